The van der Waals surface area contributed by atoms with Gasteiger partial charge in [0, 0.05) is 5.39 Å². The molecule has 1 aliphatic rings. The van der Waals surface area contributed by atoms with E-state index >= 15 is 0 Å². The summed E-state index contributed by atoms with van der Waals surface area (Å²) in [6.45, 7) is 7.88. The lowest BCUT2D eigenvalue weighted by atomic mass is 9.77. The van der Waals surface area contributed by atoms with Gasteiger partial charge in [-0.15, -0.1) is 0 Å². The predicted molar refractivity (Wildman–Crippen MR) is 71.8 cm³/mol. The van der Waals surface area contributed by atoms with Crippen molar-refractivity contribution >= 4 is 23.5 Å². The molecule has 0 atom stereocenters. The van der Waals surface area contributed by atoms with Crippen molar-refractivity contribution in [2.24, 2.45) is 0 Å². The zero-order valence-corrected chi connectivity index (χ0v) is 11.5. The van der Waals surface area contributed by atoms with Crippen molar-refractivity contribution in [1.82, 2.24) is 10.2 Å². The number of aromatic nitrogens is 2. The highest BCUT2D eigenvalue weighted by atomic mass is 19.1. The van der Waals surface area contributed by atoms with E-state index in [0.717, 1.165) is 5.39 Å². The smallest absolute Gasteiger partial charge is 0.399 e. The maximum Gasteiger partial charge on any atom is 0.495 e. The molecular weight excluding hydrogens is 246 g/mol. The Bertz CT molecular complexity index is 623. The van der Waals surface area contributed by atoms with E-state index < -0.39 is 18.3 Å². The third-order valence-electron chi connectivity index (χ3n) is 4.06. The Kier molecular flexibility index (Phi) is 2.53. The number of benzene rings is 1. The van der Waals surface area contributed by atoms with Gasteiger partial charge in [0.2, 0.25) is 0 Å². The molecule has 2 heterocycles. The fourth-order valence-corrected chi connectivity index (χ4v) is 2.21. The maximum atomic E-state index is 13.7. The summed E-state index contributed by atoms with van der Waals surface area (Å²) in [6.07, 6.45) is 1.66. The third kappa shape index (κ3) is 1.86. The average Bonchev–Trinajstić information content (AvgIpc) is 2.80. The number of nitrogens with zero attached hydrogens (tertiary/aromatic N) is 1. The molecule has 0 spiro atoms. The first kappa shape index (κ1) is 12.6. The first-order valence-corrected chi connectivity index (χ1v) is 6.28. The Hall–Kier alpha value is -1.40. The Labute approximate surface area is 111 Å². The van der Waals surface area contributed by atoms with Gasteiger partial charge in [-0.3, -0.25) is 5.10 Å². The molecular formula is C13H16BFN2O2. The summed E-state index contributed by atoms with van der Waals surface area (Å²) in [6, 6.07) is 2.86. The Morgan fingerprint density at radius 2 is 1.79 bits per heavy atom. The van der Waals surface area contributed by atoms with Crippen molar-refractivity contribution in [2.45, 2.75) is 38.9 Å². The number of nitrogens with one attached hydrogen (secondary N) is 1. The van der Waals surface area contributed by atoms with Gasteiger partial charge in [-0.05, 0) is 45.3 Å². The van der Waals surface area contributed by atoms with Crippen LogP contribution in [-0.4, -0.2) is 28.5 Å². The average molecular weight is 262 g/mol. The molecule has 0 bridgehead atoms. The van der Waals surface area contributed by atoms with Crippen LogP contribution in [0, 0.1) is 5.82 Å². The van der Waals surface area contributed by atoms with Crippen LogP contribution < -0.4 is 5.46 Å². The summed E-state index contributed by atoms with van der Waals surface area (Å²) >= 11 is 0. The second kappa shape index (κ2) is 3.80. The minimum absolute atomic E-state index is 0.332. The zero-order valence-electron chi connectivity index (χ0n) is 11.5. The van der Waals surface area contributed by atoms with Crippen LogP contribution in [0.25, 0.3) is 10.9 Å². The normalized spacial score (nSPS) is 21.2. The molecule has 4 nitrogen and oxygen atoms in total. The van der Waals surface area contributed by atoms with Crippen molar-refractivity contribution in [3.8, 4) is 0 Å². The highest BCUT2D eigenvalue weighted by Crippen LogP contribution is 2.36. The number of halogens is 1. The second-order valence-electron chi connectivity index (χ2n) is 5.91. The standard InChI is InChI=1S/C13H16BFN2O2/c1-12(2)13(3,4)19-14(18-12)10-5-8(15)6-11-9(10)7-16-17-11/h5-7H,1-4H3,(H,16,17). The van der Waals surface area contributed by atoms with Crippen molar-refractivity contribution in [3.05, 3.63) is 24.1 Å². The van der Waals surface area contributed by atoms with Gasteiger partial charge in [0.25, 0.3) is 0 Å². The lowest BCUT2D eigenvalue weighted by Crippen LogP contribution is -2.41. The Balaban J connectivity index is 2.09. The number of fused-ring (bicyclic) bond motifs is 1. The first-order chi connectivity index (χ1) is 8.80. The molecule has 100 valence electrons. The lowest BCUT2D eigenvalue weighted by molar-refractivity contribution is 0.00578. The molecule has 19 heavy (non-hydrogen) atoms. The molecule has 0 radical (unpaired) electrons. The largest absolute Gasteiger partial charge is 0.495 e. The van der Waals surface area contributed by atoms with E-state index in [1.807, 2.05) is 27.7 Å². The molecule has 1 aliphatic heterocycles. The van der Waals surface area contributed by atoms with E-state index in [1.54, 1.807) is 6.20 Å². The number of hydrogen-bond donors (Lipinski definition) is 1. The third-order valence-corrected chi connectivity index (χ3v) is 4.06. The van der Waals surface area contributed by atoms with Gasteiger partial charge in [0.1, 0.15) is 5.82 Å². The fourth-order valence-electron chi connectivity index (χ4n) is 2.21. The van der Waals surface area contributed by atoms with Crippen LogP contribution in [0.3, 0.4) is 0 Å². The van der Waals surface area contributed by atoms with Crippen LogP contribution in [0.2, 0.25) is 0 Å². The highest BCUT2D eigenvalue weighted by Gasteiger charge is 2.52. The van der Waals surface area contributed by atoms with Crippen LogP contribution in [-0.2, 0) is 9.31 Å². The lowest BCUT2D eigenvalue weighted by Gasteiger charge is -2.32. The predicted octanol–water partition coefficient (Wildman–Crippen LogP) is 2.00. The molecule has 0 saturated carbocycles. The summed E-state index contributed by atoms with van der Waals surface area (Å²) < 4.78 is 25.6. The molecule has 1 saturated heterocycles. The molecule has 1 N–H and O–H groups in total. The van der Waals surface area contributed by atoms with E-state index in [9.17, 15) is 4.39 Å². The van der Waals surface area contributed by atoms with Gasteiger partial charge in [-0.2, -0.15) is 5.10 Å². The van der Waals surface area contributed by atoms with Gasteiger partial charge in [0.15, 0.2) is 0 Å². The second-order valence-corrected chi connectivity index (χ2v) is 5.91. The summed E-state index contributed by atoms with van der Waals surface area (Å²) in [5, 5.41) is 7.53. The van der Waals surface area contributed by atoms with Crippen LogP contribution in [0.15, 0.2) is 18.3 Å². The van der Waals surface area contributed by atoms with Crippen LogP contribution in [0.4, 0.5) is 4.39 Å². The minimum Gasteiger partial charge on any atom is -0.399 e. The molecule has 1 aromatic carbocycles. The van der Waals surface area contributed by atoms with Crippen LogP contribution in [0.5, 0.6) is 0 Å². The number of H-pyrrole nitrogens is 1. The number of aromatic amines is 1. The molecule has 0 amide bonds. The first-order valence-electron chi connectivity index (χ1n) is 6.28. The van der Waals surface area contributed by atoms with Crippen LogP contribution >= 0.6 is 0 Å². The van der Waals surface area contributed by atoms with Gasteiger partial charge < -0.3 is 9.31 Å². The van der Waals surface area contributed by atoms with Crippen molar-refractivity contribution < 1.29 is 13.7 Å². The molecule has 1 fully saturated rings. The van der Waals surface area contributed by atoms with Crippen molar-refractivity contribution in [3.63, 3.8) is 0 Å². The van der Waals surface area contributed by atoms with Crippen molar-refractivity contribution in [2.75, 3.05) is 0 Å². The molecule has 6 heteroatoms. The quantitative estimate of drug-likeness (QED) is 0.799. The molecule has 0 aliphatic carbocycles. The number of rotatable bonds is 1. The summed E-state index contributed by atoms with van der Waals surface area (Å²) in [5.74, 6) is -0.332. The SMILES string of the molecule is CC1(C)OB(c2cc(F)cc3[nH]ncc23)OC1(C)C. The van der Waals surface area contributed by atoms with Gasteiger partial charge in [-0.1, -0.05) is 0 Å². The highest BCUT2D eigenvalue weighted by molar-refractivity contribution is 6.65. The topological polar surface area (TPSA) is 47.1 Å². The number of hydrogen-bond acceptors (Lipinski definition) is 3. The molecule has 0 unspecified atom stereocenters. The van der Waals surface area contributed by atoms with E-state index in [1.165, 1.54) is 12.1 Å². The molecule has 1 aromatic heterocycles. The van der Waals surface area contributed by atoms with Gasteiger partial charge in [0.05, 0.1) is 22.9 Å². The van der Waals surface area contributed by atoms with E-state index in [2.05, 4.69) is 10.2 Å². The monoisotopic (exact) mass is 262 g/mol. The summed E-state index contributed by atoms with van der Waals surface area (Å²) in [7, 11) is -0.583. The van der Waals surface area contributed by atoms with Gasteiger partial charge in [-0.25, -0.2) is 4.39 Å². The van der Waals surface area contributed by atoms with E-state index in [-0.39, 0.29) is 5.82 Å². The summed E-state index contributed by atoms with van der Waals surface area (Å²) in [4.78, 5) is 0. The van der Waals surface area contributed by atoms with E-state index in [0.29, 0.717) is 11.0 Å². The van der Waals surface area contributed by atoms with E-state index in [4.69, 9.17) is 9.31 Å². The Morgan fingerprint density at radius 3 is 2.42 bits per heavy atom. The van der Waals surface area contributed by atoms with Crippen molar-refractivity contribution in [1.29, 1.82) is 0 Å². The maximum absolute atomic E-state index is 13.7. The van der Waals surface area contributed by atoms with Gasteiger partial charge >= 0.3 is 7.12 Å². The minimum atomic E-state index is -0.583. The zero-order chi connectivity index (χ0) is 13.8. The fraction of sp³-hybridized carbons (Fsp3) is 0.462. The molecule has 2 aromatic rings. The summed E-state index contributed by atoms with van der Waals surface area (Å²) in [5.41, 5.74) is 0.423. The molecule has 3 rings (SSSR count). The van der Waals surface area contributed by atoms with Crippen LogP contribution in [0.1, 0.15) is 27.7 Å². The Morgan fingerprint density at radius 1 is 1.16 bits per heavy atom.